The second-order valence-corrected chi connectivity index (χ2v) is 4.49. The number of nitriles is 1. The zero-order chi connectivity index (χ0) is 12.8. The van der Waals surface area contributed by atoms with Gasteiger partial charge in [-0.1, -0.05) is 6.07 Å². The van der Waals surface area contributed by atoms with Crippen LogP contribution < -0.4 is 5.32 Å². The molecule has 2 N–H and O–H groups in total. The first-order chi connectivity index (χ1) is 8.08. The number of nitrogens with one attached hydrogen (secondary N) is 1. The van der Waals surface area contributed by atoms with E-state index < -0.39 is 5.97 Å². The Morgan fingerprint density at radius 1 is 1.65 bits per heavy atom. The molecule has 0 bridgehead atoms. The summed E-state index contributed by atoms with van der Waals surface area (Å²) in [5, 5.41) is 20.8. The van der Waals surface area contributed by atoms with Gasteiger partial charge in [-0.05, 0) is 25.3 Å². The first kappa shape index (κ1) is 13.4. The van der Waals surface area contributed by atoms with E-state index in [1.807, 2.05) is 18.4 Å². The highest BCUT2D eigenvalue weighted by Crippen LogP contribution is 2.26. The monoisotopic (exact) mass is 250 g/mol. The predicted octanol–water partition coefficient (Wildman–Crippen LogP) is 2.56. The molecule has 0 fully saturated rings. The standard InChI is InChI=1S/C12H14N2O2S/c1-8(6-12(15)16)14-10-4-3-5-11(17-2)9(10)7-13/h3-5,8,14H,6H2,1-2H3,(H,15,16). The average Bonchev–Trinajstić information content (AvgIpc) is 2.27. The lowest BCUT2D eigenvalue weighted by atomic mass is 10.1. The van der Waals surface area contributed by atoms with Crippen molar-refractivity contribution in [1.82, 2.24) is 0 Å². The van der Waals surface area contributed by atoms with Gasteiger partial charge in [0.2, 0.25) is 0 Å². The smallest absolute Gasteiger partial charge is 0.305 e. The molecular formula is C12H14N2O2S. The number of hydrogen-bond acceptors (Lipinski definition) is 4. The van der Waals surface area contributed by atoms with Gasteiger partial charge in [0.05, 0.1) is 17.7 Å². The van der Waals surface area contributed by atoms with E-state index >= 15 is 0 Å². The molecule has 4 nitrogen and oxygen atoms in total. The molecule has 0 aromatic heterocycles. The van der Waals surface area contributed by atoms with E-state index in [1.54, 1.807) is 13.0 Å². The summed E-state index contributed by atoms with van der Waals surface area (Å²) in [7, 11) is 0. The lowest BCUT2D eigenvalue weighted by Gasteiger charge is -2.15. The molecule has 0 radical (unpaired) electrons. The zero-order valence-electron chi connectivity index (χ0n) is 9.73. The van der Waals surface area contributed by atoms with Crippen LogP contribution in [0.3, 0.4) is 0 Å². The van der Waals surface area contributed by atoms with Gasteiger partial charge < -0.3 is 10.4 Å². The van der Waals surface area contributed by atoms with Gasteiger partial charge in [0.15, 0.2) is 0 Å². The summed E-state index contributed by atoms with van der Waals surface area (Å²) in [6.07, 6.45) is 1.93. The van der Waals surface area contributed by atoms with Crippen molar-refractivity contribution in [2.75, 3.05) is 11.6 Å². The Morgan fingerprint density at radius 2 is 2.35 bits per heavy atom. The summed E-state index contributed by atoms with van der Waals surface area (Å²) < 4.78 is 0. The summed E-state index contributed by atoms with van der Waals surface area (Å²) in [5.41, 5.74) is 1.25. The molecule has 0 amide bonds. The summed E-state index contributed by atoms with van der Waals surface area (Å²) in [6, 6.07) is 7.44. The van der Waals surface area contributed by atoms with Gasteiger partial charge in [-0.2, -0.15) is 5.26 Å². The van der Waals surface area contributed by atoms with Crippen LogP contribution in [0, 0.1) is 11.3 Å². The first-order valence-electron chi connectivity index (χ1n) is 5.14. The number of aliphatic carboxylic acids is 1. The SMILES string of the molecule is CSc1cccc(NC(C)CC(=O)O)c1C#N. The summed E-state index contributed by atoms with van der Waals surface area (Å²) in [4.78, 5) is 11.5. The predicted molar refractivity (Wildman–Crippen MR) is 68.3 cm³/mol. The molecule has 1 atom stereocenters. The average molecular weight is 250 g/mol. The van der Waals surface area contributed by atoms with Crippen molar-refractivity contribution in [3.63, 3.8) is 0 Å². The number of carboxylic acid groups (broad SMARTS) is 1. The quantitative estimate of drug-likeness (QED) is 0.786. The molecule has 0 aliphatic rings. The Labute approximate surface area is 105 Å². The Kier molecular flexibility index (Phi) is 4.85. The molecule has 90 valence electrons. The van der Waals surface area contributed by atoms with Crippen LogP contribution in [0.2, 0.25) is 0 Å². The largest absolute Gasteiger partial charge is 0.481 e. The maximum atomic E-state index is 10.6. The summed E-state index contributed by atoms with van der Waals surface area (Å²) in [5.74, 6) is -0.857. The molecule has 17 heavy (non-hydrogen) atoms. The molecule has 0 heterocycles. The fourth-order valence-electron chi connectivity index (χ4n) is 1.52. The highest BCUT2D eigenvalue weighted by molar-refractivity contribution is 7.98. The number of nitrogens with zero attached hydrogens (tertiary/aromatic N) is 1. The highest BCUT2D eigenvalue weighted by atomic mass is 32.2. The molecule has 0 spiro atoms. The van der Waals surface area contributed by atoms with Gasteiger partial charge in [-0.3, -0.25) is 4.79 Å². The van der Waals surface area contributed by atoms with E-state index in [0.717, 1.165) is 4.90 Å². The zero-order valence-corrected chi connectivity index (χ0v) is 10.5. The molecule has 0 saturated heterocycles. The van der Waals surface area contributed by atoms with Crippen LogP contribution in [-0.4, -0.2) is 23.4 Å². The molecular weight excluding hydrogens is 236 g/mol. The van der Waals surface area contributed by atoms with Crippen molar-refractivity contribution in [3.8, 4) is 6.07 Å². The molecule has 5 heteroatoms. The van der Waals surface area contributed by atoms with E-state index in [0.29, 0.717) is 11.3 Å². The number of carboxylic acids is 1. The number of benzene rings is 1. The highest BCUT2D eigenvalue weighted by Gasteiger charge is 2.11. The van der Waals surface area contributed by atoms with Crippen LogP contribution in [0.15, 0.2) is 23.1 Å². The maximum Gasteiger partial charge on any atom is 0.305 e. The summed E-state index contributed by atoms with van der Waals surface area (Å²) in [6.45, 7) is 1.78. The van der Waals surface area contributed by atoms with Crippen molar-refractivity contribution in [2.24, 2.45) is 0 Å². The van der Waals surface area contributed by atoms with Crippen molar-refractivity contribution in [3.05, 3.63) is 23.8 Å². The Bertz CT molecular complexity index is 454. The van der Waals surface area contributed by atoms with E-state index in [1.165, 1.54) is 11.8 Å². The molecule has 0 aliphatic carbocycles. The molecule has 1 unspecified atom stereocenters. The van der Waals surface area contributed by atoms with Crippen LogP contribution in [-0.2, 0) is 4.79 Å². The van der Waals surface area contributed by atoms with Gasteiger partial charge in [0.1, 0.15) is 6.07 Å². The van der Waals surface area contributed by atoms with Crippen LogP contribution in [0.5, 0.6) is 0 Å². The Hall–Kier alpha value is -1.67. The third kappa shape index (κ3) is 3.68. The third-order valence-electron chi connectivity index (χ3n) is 2.24. The number of rotatable bonds is 5. The van der Waals surface area contributed by atoms with Gasteiger partial charge in [-0.15, -0.1) is 11.8 Å². The maximum absolute atomic E-state index is 10.6. The lowest BCUT2D eigenvalue weighted by molar-refractivity contribution is -0.137. The van der Waals surface area contributed by atoms with E-state index in [9.17, 15) is 4.79 Å². The van der Waals surface area contributed by atoms with Crippen LogP contribution >= 0.6 is 11.8 Å². The number of hydrogen-bond donors (Lipinski definition) is 2. The van der Waals surface area contributed by atoms with Crippen molar-refractivity contribution in [2.45, 2.75) is 24.3 Å². The first-order valence-corrected chi connectivity index (χ1v) is 6.36. The molecule has 0 saturated carbocycles. The molecule has 1 aromatic carbocycles. The number of carbonyl (C=O) groups is 1. The number of anilines is 1. The minimum absolute atomic E-state index is 0.0222. The van der Waals surface area contributed by atoms with Gasteiger partial charge >= 0.3 is 5.97 Å². The minimum atomic E-state index is -0.857. The van der Waals surface area contributed by atoms with E-state index in [-0.39, 0.29) is 12.5 Å². The van der Waals surface area contributed by atoms with Crippen LogP contribution in [0.1, 0.15) is 18.9 Å². The van der Waals surface area contributed by atoms with Gasteiger partial charge in [0, 0.05) is 10.9 Å². The van der Waals surface area contributed by atoms with Gasteiger partial charge in [-0.25, -0.2) is 0 Å². The Morgan fingerprint density at radius 3 is 2.88 bits per heavy atom. The second-order valence-electron chi connectivity index (χ2n) is 3.64. The fraction of sp³-hybridized carbons (Fsp3) is 0.333. The van der Waals surface area contributed by atoms with Crippen LogP contribution in [0.25, 0.3) is 0 Å². The van der Waals surface area contributed by atoms with E-state index in [4.69, 9.17) is 10.4 Å². The third-order valence-corrected chi connectivity index (χ3v) is 3.02. The number of thioether (sulfide) groups is 1. The normalized spacial score (nSPS) is 11.6. The van der Waals surface area contributed by atoms with Crippen LogP contribution in [0.4, 0.5) is 5.69 Å². The topological polar surface area (TPSA) is 73.1 Å². The molecule has 1 rings (SSSR count). The summed E-state index contributed by atoms with van der Waals surface area (Å²) >= 11 is 1.50. The Balaban J connectivity index is 2.91. The van der Waals surface area contributed by atoms with Gasteiger partial charge in [0.25, 0.3) is 0 Å². The van der Waals surface area contributed by atoms with E-state index in [2.05, 4.69) is 11.4 Å². The second kappa shape index (κ2) is 6.16. The molecule has 1 aromatic rings. The lowest BCUT2D eigenvalue weighted by Crippen LogP contribution is -2.19. The fourth-order valence-corrected chi connectivity index (χ4v) is 2.09. The van der Waals surface area contributed by atoms with Crippen molar-refractivity contribution < 1.29 is 9.90 Å². The minimum Gasteiger partial charge on any atom is -0.481 e. The van der Waals surface area contributed by atoms with Crippen molar-refractivity contribution >= 4 is 23.4 Å². The van der Waals surface area contributed by atoms with Crippen molar-refractivity contribution in [1.29, 1.82) is 5.26 Å². The molecule has 0 aliphatic heterocycles.